The third kappa shape index (κ3) is 4.98. The zero-order chi connectivity index (χ0) is 17.5. The van der Waals surface area contributed by atoms with Crippen molar-refractivity contribution < 1.29 is 18.7 Å². The lowest BCUT2D eigenvalue weighted by molar-refractivity contribution is 0.0937. The van der Waals surface area contributed by atoms with Crippen LogP contribution in [-0.4, -0.2) is 18.0 Å². The highest BCUT2D eigenvalue weighted by molar-refractivity contribution is 5.97. The maximum absolute atomic E-state index is 13.4. The highest BCUT2D eigenvalue weighted by Crippen LogP contribution is 2.15. The van der Waals surface area contributed by atoms with Gasteiger partial charge >= 0.3 is 6.03 Å². The van der Waals surface area contributed by atoms with E-state index in [2.05, 4.69) is 16.2 Å². The number of halogens is 1. The molecular weight excluding hydrogens is 313 g/mol. The van der Waals surface area contributed by atoms with Crippen LogP contribution < -0.4 is 20.9 Å². The maximum atomic E-state index is 13.4. The van der Waals surface area contributed by atoms with Crippen LogP contribution in [0.3, 0.4) is 0 Å². The van der Waals surface area contributed by atoms with Crippen LogP contribution in [0.2, 0.25) is 0 Å². The number of rotatable bonds is 4. The number of urea groups is 1. The number of anilines is 1. The van der Waals surface area contributed by atoms with E-state index < -0.39 is 17.8 Å². The first-order chi connectivity index (χ1) is 11.5. The van der Waals surface area contributed by atoms with Crippen LogP contribution in [0.15, 0.2) is 48.5 Å². The smallest absolute Gasteiger partial charge is 0.338 e. The van der Waals surface area contributed by atoms with Crippen molar-refractivity contribution >= 4 is 17.6 Å². The topological polar surface area (TPSA) is 79.5 Å². The Labute approximate surface area is 139 Å². The van der Waals surface area contributed by atoms with Gasteiger partial charge in [-0.1, -0.05) is 18.2 Å². The van der Waals surface area contributed by atoms with Crippen molar-refractivity contribution in [3.8, 4) is 5.75 Å². The average molecular weight is 331 g/mol. The van der Waals surface area contributed by atoms with Crippen molar-refractivity contribution in [2.75, 3.05) is 5.32 Å². The van der Waals surface area contributed by atoms with Crippen LogP contribution in [0, 0.1) is 5.82 Å². The second-order valence-electron chi connectivity index (χ2n) is 5.21. The molecule has 0 saturated heterocycles. The van der Waals surface area contributed by atoms with Crippen LogP contribution in [0.1, 0.15) is 24.2 Å². The number of carbonyl (C=O) groups is 2. The summed E-state index contributed by atoms with van der Waals surface area (Å²) < 4.78 is 18.9. The molecule has 7 heteroatoms. The average Bonchev–Trinajstić information content (AvgIpc) is 2.54. The molecule has 0 fully saturated rings. The molecule has 0 bridgehead atoms. The van der Waals surface area contributed by atoms with Gasteiger partial charge in [0.2, 0.25) is 0 Å². The number of hydrogen-bond donors (Lipinski definition) is 3. The predicted octanol–water partition coefficient (Wildman–Crippen LogP) is 3.08. The molecule has 3 N–H and O–H groups in total. The van der Waals surface area contributed by atoms with E-state index in [4.69, 9.17) is 4.74 Å². The number of amides is 3. The number of para-hydroxylation sites is 1. The summed E-state index contributed by atoms with van der Waals surface area (Å²) in [7, 11) is 0. The second kappa shape index (κ2) is 7.96. The third-order valence-electron chi connectivity index (χ3n) is 2.88. The Morgan fingerprint density at radius 1 is 1.04 bits per heavy atom. The molecule has 2 aromatic carbocycles. The Morgan fingerprint density at radius 2 is 1.79 bits per heavy atom. The molecule has 24 heavy (non-hydrogen) atoms. The fourth-order valence-electron chi connectivity index (χ4n) is 1.88. The standard InChI is InChI=1S/C17H18FN3O3/c1-11(2)24-13-7-5-6-12(10-13)16(22)20-21-17(23)19-15-9-4-3-8-14(15)18/h3-11H,1-2H3,(H,20,22)(H2,19,21,23). The molecule has 0 unspecified atom stereocenters. The van der Waals surface area contributed by atoms with Crippen molar-refractivity contribution in [1.29, 1.82) is 0 Å². The molecular formula is C17H18FN3O3. The summed E-state index contributed by atoms with van der Waals surface area (Å²) in [6.45, 7) is 3.75. The van der Waals surface area contributed by atoms with Gasteiger partial charge in [0.25, 0.3) is 5.91 Å². The van der Waals surface area contributed by atoms with E-state index in [0.717, 1.165) is 0 Å². The van der Waals surface area contributed by atoms with Gasteiger partial charge in [0, 0.05) is 5.56 Å². The van der Waals surface area contributed by atoms with Crippen LogP contribution >= 0.6 is 0 Å². The molecule has 0 radical (unpaired) electrons. The van der Waals surface area contributed by atoms with Crippen molar-refractivity contribution in [3.63, 3.8) is 0 Å². The summed E-state index contributed by atoms with van der Waals surface area (Å²) >= 11 is 0. The van der Waals surface area contributed by atoms with Gasteiger partial charge in [0.05, 0.1) is 11.8 Å². The predicted molar refractivity (Wildman–Crippen MR) is 88.2 cm³/mol. The van der Waals surface area contributed by atoms with Crippen molar-refractivity contribution in [2.45, 2.75) is 20.0 Å². The molecule has 0 aliphatic rings. The summed E-state index contributed by atoms with van der Waals surface area (Å²) in [5.74, 6) is -0.543. The van der Waals surface area contributed by atoms with E-state index in [1.54, 1.807) is 30.3 Å². The fraction of sp³-hybridized carbons (Fsp3) is 0.176. The van der Waals surface area contributed by atoms with Crippen LogP contribution in [0.4, 0.5) is 14.9 Å². The first-order valence-electron chi connectivity index (χ1n) is 7.34. The monoisotopic (exact) mass is 331 g/mol. The van der Waals surface area contributed by atoms with Gasteiger partial charge in [0.15, 0.2) is 0 Å². The largest absolute Gasteiger partial charge is 0.491 e. The maximum Gasteiger partial charge on any atom is 0.338 e. The zero-order valence-corrected chi connectivity index (χ0v) is 13.3. The minimum Gasteiger partial charge on any atom is -0.491 e. The van der Waals surface area contributed by atoms with E-state index in [0.29, 0.717) is 11.3 Å². The Balaban J connectivity index is 1.91. The normalized spacial score (nSPS) is 10.2. The number of ether oxygens (including phenoxy) is 1. The fourth-order valence-corrected chi connectivity index (χ4v) is 1.88. The molecule has 6 nitrogen and oxygen atoms in total. The summed E-state index contributed by atoms with van der Waals surface area (Å²) in [5.41, 5.74) is 4.73. The van der Waals surface area contributed by atoms with Gasteiger partial charge in [-0.3, -0.25) is 10.2 Å². The number of carbonyl (C=O) groups excluding carboxylic acids is 2. The molecule has 0 heterocycles. The second-order valence-corrected chi connectivity index (χ2v) is 5.21. The van der Waals surface area contributed by atoms with Gasteiger partial charge in [0.1, 0.15) is 11.6 Å². The Morgan fingerprint density at radius 3 is 2.50 bits per heavy atom. The molecule has 3 amide bonds. The molecule has 126 valence electrons. The highest BCUT2D eigenvalue weighted by atomic mass is 19.1. The third-order valence-corrected chi connectivity index (χ3v) is 2.88. The quantitative estimate of drug-likeness (QED) is 0.753. The van der Waals surface area contributed by atoms with E-state index in [1.165, 1.54) is 18.2 Å². The van der Waals surface area contributed by atoms with E-state index >= 15 is 0 Å². The van der Waals surface area contributed by atoms with Gasteiger partial charge in [-0.05, 0) is 44.2 Å². The molecule has 2 aromatic rings. The molecule has 0 atom stereocenters. The molecule has 0 aromatic heterocycles. The van der Waals surface area contributed by atoms with Gasteiger partial charge in [-0.15, -0.1) is 0 Å². The minimum atomic E-state index is -0.761. The lowest BCUT2D eigenvalue weighted by Gasteiger charge is -2.12. The van der Waals surface area contributed by atoms with Crippen molar-refractivity contribution in [3.05, 3.63) is 59.9 Å². The van der Waals surface area contributed by atoms with Crippen molar-refractivity contribution in [1.82, 2.24) is 10.9 Å². The Hall–Kier alpha value is -3.09. The van der Waals surface area contributed by atoms with Gasteiger partial charge in [-0.25, -0.2) is 14.6 Å². The molecule has 0 spiro atoms. The SMILES string of the molecule is CC(C)Oc1cccc(C(=O)NNC(=O)Nc2ccccc2F)c1. The first-order valence-corrected chi connectivity index (χ1v) is 7.34. The Kier molecular flexibility index (Phi) is 5.73. The lowest BCUT2D eigenvalue weighted by atomic mass is 10.2. The summed E-state index contributed by atoms with van der Waals surface area (Å²) in [6, 6.07) is 11.5. The minimum absolute atomic E-state index is 0.0107. The molecule has 0 saturated carbocycles. The van der Waals surface area contributed by atoms with Crippen LogP contribution in [-0.2, 0) is 0 Å². The summed E-state index contributed by atoms with van der Waals surface area (Å²) in [4.78, 5) is 23.7. The Bertz CT molecular complexity index is 735. The lowest BCUT2D eigenvalue weighted by Crippen LogP contribution is -2.44. The van der Waals surface area contributed by atoms with E-state index in [9.17, 15) is 14.0 Å². The first kappa shape index (κ1) is 17.3. The zero-order valence-electron chi connectivity index (χ0n) is 13.3. The molecule has 2 rings (SSSR count). The van der Waals surface area contributed by atoms with Crippen LogP contribution in [0.5, 0.6) is 5.75 Å². The molecule has 0 aliphatic heterocycles. The molecule has 0 aliphatic carbocycles. The van der Waals surface area contributed by atoms with Gasteiger partial charge < -0.3 is 10.1 Å². The summed E-state index contributed by atoms with van der Waals surface area (Å²) in [5, 5.41) is 2.29. The van der Waals surface area contributed by atoms with Crippen LogP contribution in [0.25, 0.3) is 0 Å². The van der Waals surface area contributed by atoms with E-state index in [-0.39, 0.29) is 11.8 Å². The van der Waals surface area contributed by atoms with Crippen molar-refractivity contribution in [2.24, 2.45) is 0 Å². The number of benzene rings is 2. The van der Waals surface area contributed by atoms with E-state index in [1.807, 2.05) is 13.8 Å². The number of hydrazine groups is 1. The van der Waals surface area contributed by atoms with Gasteiger partial charge in [-0.2, -0.15) is 0 Å². The number of hydrogen-bond acceptors (Lipinski definition) is 3. The highest BCUT2D eigenvalue weighted by Gasteiger charge is 2.10. The number of nitrogens with one attached hydrogen (secondary N) is 3. The summed E-state index contributed by atoms with van der Waals surface area (Å²) in [6.07, 6.45) is -0.0204.